The van der Waals surface area contributed by atoms with E-state index in [0.29, 0.717) is 9.90 Å². The van der Waals surface area contributed by atoms with Crippen molar-refractivity contribution < 1.29 is 13.2 Å². The van der Waals surface area contributed by atoms with Crippen molar-refractivity contribution in [2.45, 2.75) is 18.0 Å². The number of thioether (sulfide) groups is 1. The van der Waals surface area contributed by atoms with Gasteiger partial charge in [0.25, 0.3) is 0 Å². The standard InChI is InChI=1S/C12H10F3NS2/c1-2-17-9-5-3-4-8(12(13,14)15)10(9)11-16-6-7-18-11/h3-7H,2H2,1H3. The number of thiazole rings is 1. The van der Waals surface area contributed by atoms with Crippen LogP contribution in [0.15, 0.2) is 34.7 Å². The highest BCUT2D eigenvalue weighted by Crippen LogP contribution is 2.42. The second-order valence-electron chi connectivity index (χ2n) is 3.45. The monoisotopic (exact) mass is 289 g/mol. The molecule has 0 amide bonds. The molecule has 0 saturated heterocycles. The first-order valence-corrected chi connectivity index (χ1v) is 7.13. The minimum Gasteiger partial charge on any atom is -0.244 e. The number of alkyl halides is 3. The van der Waals surface area contributed by atoms with Crippen LogP contribution in [0, 0.1) is 0 Å². The second-order valence-corrected chi connectivity index (χ2v) is 5.65. The van der Waals surface area contributed by atoms with E-state index in [-0.39, 0.29) is 5.56 Å². The van der Waals surface area contributed by atoms with Crippen LogP contribution in [-0.4, -0.2) is 10.7 Å². The molecule has 0 radical (unpaired) electrons. The maximum Gasteiger partial charge on any atom is 0.417 e. The van der Waals surface area contributed by atoms with E-state index in [4.69, 9.17) is 0 Å². The van der Waals surface area contributed by atoms with Crippen LogP contribution in [0.4, 0.5) is 13.2 Å². The first kappa shape index (κ1) is 13.4. The summed E-state index contributed by atoms with van der Waals surface area (Å²) in [5.41, 5.74) is -0.414. The van der Waals surface area contributed by atoms with Crippen molar-refractivity contribution in [2.75, 3.05) is 5.75 Å². The van der Waals surface area contributed by atoms with E-state index < -0.39 is 11.7 Å². The molecular weight excluding hydrogens is 279 g/mol. The van der Waals surface area contributed by atoms with Gasteiger partial charge < -0.3 is 0 Å². The van der Waals surface area contributed by atoms with Crippen LogP contribution < -0.4 is 0 Å². The van der Waals surface area contributed by atoms with E-state index >= 15 is 0 Å². The first-order chi connectivity index (χ1) is 8.54. The molecule has 0 saturated carbocycles. The zero-order chi connectivity index (χ0) is 13.2. The number of nitrogens with zero attached hydrogens (tertiary/aromatic N) is 1. The van der Waals surface area contributed by atoms with E-state index in [0.717, 1.165) is 11.8 Å². The first-order valence-electron chi connectivity index (χ1n) is 5.27. The van der Waals surface area contributed by atoms with Gasteiger partial charge in [0.15, 0.2) is 0 Å². The Morgan fingerprint density at radius 3 is 2.67 bits per heavy atom. The molecule has 0 spiro atoms. The number of hydrogen-bond donors (Lipinski definition) is 0. The van der Waals surface area contributed by atoms with Crippen molar-refractivity contribution in [1.82, 2.24) is 4.98 Å². The quantitative estimate of drug-likeness (QED) is 0.742. The Morgan fingerprint density at radius 1 is 1.33 bits per heavy atom. The Morgan fingerprint density at radius 2 is 2.11 bits per heavy atom. The molecule has 0 aliphatic rings. The zero-order valence-corrected chi connectivity index (χ0v) is 11.1. The van der Waals surface area contributed by atoms with Crippen molar-refractivity contribution in [1.29, 1.82) is 0 Å². The van der Waals surface area contributed by atoms with Crippen molar-refractivity contribution in [3.05, 3.63) is 35.3 Å². The maximum atomic E-state index is 13.0. The molecule has 1 aromatic carbocycles. The van der Waals surface area contributed by atoms with Gasteiger partial charge in [-0.25, -0.2) is 4.98 Å². The molecule has 1 nitrogen and oxygen atoms in total. The van der Waals surface area contributed by atoms with E-state index in [9.17, 15) is 13.2 Å². The van der Waals surface area contributed by atoms with Crippen LogP contribution in [0.1, 0.15) is 12.5 Å². The maximum absolute atomic E-state index is 13.0. The van der Waals surface area contributed by atoms with E-state index in [1.807, 2.05) is 6.92 Å². The van der Waals surface area contributed by atoms with Crippen molar-refractivity contribution in [2.24, 2.45) is 0 Å². The van der Waals surface area contributed by atoms with Gasteiger partial charge >= 0.3 is 6.18 Å². The third kappa shape index (κ3) is 2.70. The van der Waals surface area contributed by atoms with E-state index in [2.05, 4.69) is 4.98 Å². The number of rotatable bonds is 3. The third-order valence-corrected chi connectivity index (χ3v) is 4.01. The summed E-state index contributed by atoms with van der Waals surface area (Å²) < 4.78 is 39.1. The molecule has 0 bridgehead atoms. The number of aromatic nitrogens is 1. The van der Waals surface area contributed by atoms with Crippen molar-refractivity contribution in [3.63, 3.8) is 0 Å². The Kier molecular flexibility index (Phi) is 3.97. The molecule has 0 unspecified atom stereocenters. The van der Waals surface area contributed by atoms with Crippen molar-refractivity contribution in [3.8, 4) is 10.6 Å². The molecule has 2 rings (SSSR count). The topological polar surface area (TPSA) is 12.9 Å². The summed E-state index contributed by atoms with van der Waals surface area (Å²) in [6.07, 6.45) is -2.83. The lowest BCUT2D eigenvalue weighted by atomic mass is 10.1. The molecule has 2 aromatic rings. The fourth-order valence-electron chi connectivity index (χ4n) is 1.61. The fraction of sp³-hybridized carbons (Fsp3) is 0.250. The predicted molar refractivity (Wildman–Crippen MR) is 69.0 cm³/mol. The Bertz CT molecular complexity index is 521. The smallest absolute Gasteiger partial charge is 0.244 e. The predicted octanol–water partition coefficient (Wildman–Crippen LogP) is 4.94. The van der Waals surface area contributed by atoms with Gasteiger partial charge in [-0.15, -0.1) is 23.1 Å². The van der Waals surface area contributed by atoms with Gasteiger partial charge in [0.05, 0.1) is 5.56 Å². The van der Waals surface area contributed by atoms with Crippen LogP contribution in [0.5, 0.6) is 0 Å². The summed E-state index contributed by atoms with van der Waals surface area (Å²) in [6, 6.07) is 4.26. The van der Waals surface area contributed by atoms with Gasteiger partial charge in [0.1, 0.15) is 5.01 Å². The van der Waals surface area contributed by atoms with Gasteiger partial charge in [-0.3, -0.25) is 0 Å². The molecule has 96 valence electrons. The van der Waals surface area contributed by atoms with Gasteiger partial charge in [-0.1, -0.05) is 13.0 Å². The lowest BCUT2D eigenvalue weighted by molar-refractivity contribution is -0.137. The van der Waals surface area contributed by atoms with Crippen LogP contribution in [-0.2, 0) is 6.18 Å². The van der Waals surface area contributed by atoms with Crippen LogP contribution in [0.2, 0.25) is 0 Å². The summed E-state index contributed by atoms with van der Waals surface area (Å²) in [7, 11) is 0. The summed E-state index contributed by atoms with van der Waals surface area (Å²) in [5, 5.41) is 2.10. The fourth-order valence-corrected chi connectivity index (χ4v) is 3.22. The summed E-state index contributed by atoms with van der Waals surface area (Å²) in [6.45, 7) is 1.91. The van der Waals surface area contributed by atoms with Crippen LogP contribution in [0.3, 0.4) is 0 Å². The lowest BCUT2D eigenvalue weighted by Gasteiger charge is -2.14. The Balaban J connectivity index is 2.64. The average Bonchev–Trinajstić information content (AvgIpc) is 2.81. The largest absolute Gasteiger partial charge is 0.417 e. The number of halogens is 3. The SMILES string of the molecule is CCSc1cccc(C(F)(F)F)c1-c1nccs1. The zero-order valence-electron chi connectivity index (χ0n) is 9.49. The Hall–Kier alpha value is -1.01. The van der Waals surface area contributed by atoms with Gasteiger partial charge in [0.2, 0.25) is 0 Å². The minimum absolute atomic E-state index is 0.201. The van der Waals surface area contributed by atoms with Crippen molar-refractivity contribution >= 4 is 23.1 Å². The van der Waals surface area contributed by atoms with E-state index in [1.54, 1.807) is 11.4 Å². The molecule has 0 aliphatic heterocycles. The normalized spacial score (nSPS) is 11.8. The molecule has 1 aromatic heterocycles. The van der Waals surface area contributed by atoms with E-state index in [1.165, 1.54) is 35.4 Å². The molecule has 0 aliphatic carbocycles. The molecule has 0 N–H and O–H groups in total. The molecular formula is C12H10F3NS2. The molecule has 0 atom stereocenters. The number of hydrogen-bond acceptors (Lipinski definition) is 3. The highest BCUT2D eigenvalue weighted by atomic mass is 32.2. The van der Waals surface area contributed by atoms with Crippen LogP contribution >= 0.6 is 23.1 Å². The summed E-state index contributed by atoms with van der Waals surface area (Å²) in [5.74, 6) is 0.722. The van der Waals surface area contributed by atoms with Gasteiger partial charge in [-0.2, -0.15) is 13.2 Å². The highest BCUT2D eigenvalue weighted by Gasteiger charge is 2.35. The third-order valence-electron chi connectivity index (χ3n) is 2.28. The molecule has 18 heavy (non-hydrogen) atoms. The molecule has 1 heterocycles. The minimum atomic E-state index is -4.36. The highest BCUT2D eigenvalue weighted by molar-refractivity contribution is 7.99. The average molecular weight is 289 g/mol. The second kappa shape index (κ2) is 5.32. The summed E-state index contributed by atoms with van der Waals surface area (Å²) in [4.78, 5) is 4.64. The summed E-state index contributed by atoms with van der Waals surface area (Å²) >= 11 is 2.62. The molecule has 0 fully saturated rings. The molecule has 6 heteroatoms. The number of benzene rings is 1. The van der Waals surface area contributed by atoms with Gasteiger partial charge in [-0.05, 0) is 17.9 Å². The van der Waals surface area contributed by atoms with Crippen LogP contribution in [0.25, 0.3) is 10.6 Å². The van der Waals surface area contributed by atoms with Gasteiger partial charge in [0, 0.05) is 22.0 Å². The Labute approximate surface area is 111 Å². The lowest BCUT2D eigenvalue weighted by Crippen LogP contribution is -2.07.